The smallest absolute Gasteiger partial charge is 0.277 e. The Morgan fingerprint density at radius 2 is 1.85 bits per heavy atom. The number of hydrogen-bond donors (Lipinski definition) is 0. The van der Waals surface area contributed by atoms with Crippen molar-refractivity contribution in [3.63, 3.8) is 0 Å². The number of nitrogens with zero attached hydrogens (tertiary/aromatic N) is 2. The van der Waals surface area contributed by atoms with Gasteiger partial charge in [-0.25, -0.2) is 0 Å². The SMILES string of the molecule is COc1cc(CN2CCOCC2)c([N+](=O)[O-])cc1OC. The number of benzene rings is 1. The molecule has 0 amide bonds. The standard InChI is InChI=1S/C13H18N2O5/c1-18-12-7-10(9-14-3-5-20-6-4-14)11(15(16)17)8-13(12)19-2/h7-8H,3-6,9H2,1-2H3. The number of ether oxygens (including phenoxy) is 3. The van der Waals surface area contributed by atoms with E-state index in [9.17, 15) is 10.1 Å². The second-order valence-electron chi connectivity index (χ2n) is 4.48. The van der Waals surface area contributed by atoms with E-state index >= 15 is 0 Å². The quantitative estimate of drug-likeness (QED) is 0.601. The number of hydrogen-bond acceptors (Lipinski definition) is 6. The number of rotatable bonds is 5. The fraction of sp³-hybridized carbons (Fsp3) is 0.538. The van der Waals surface area contributed by atoms with Crippen LogP contribution in [-0.2, 0) is 11.3 Å². The van der Waals surface area contributed by atoms with Crippen LogP contribution in [-0.4, -0.2) is 50.3 Å². The number of nitro benzene ring substituents is 1. The normalized spacial score (nSPS) is 15.9. The lowest BCUT2D eigenvalue weighted by molar-refractivity contribution is -0.385. The third kappa shape index (κ3) is 3.17. The first-order chi connectivity index (χ1) is 9.65. The molecule has 110 valence electrons. The molecule has 0 unspecified atom stereocenters. The molecule has 0 saturated carbocycles. The van der Waals surface area contributed by atoms with Gasteiger partial charge in [-0.1, -0.05) is 0 Å². The highest BCUT2D eigenvalue weighted by Gasteiger charge is 2.22. The summed E-state index contributed by atoms with van der Waals surface area (Å²) in [6.45, 7) is 3.35. The predicted molar refractivity (Wildman–Crippen MR) is 72.3 cm³/mol. The monoisotopic (exact) mass is 282 g/mol. The molecule has 0 aromatic heterocycles. The third-order valence-corrected chi connectivity index (χ3v) is 3.28. The largest absolute Gasteiger partial charge is 0.493 e. The second-order valence-corrected chi connectivity index (χ2v) is 4.48. The van der Waals surface area contributed by atoms with Crippen molar-refractivity contribution in [1.82, 2.24) is 4.90 Å². The summed E-state index contributed by atoms with van der Waals surface area (Å²) in [5.41, 5.74) is 0.670. The molecule has 1 aromatic carbocycles. The van der Waals surface area contributed by atoms with Crippen molar-refractivity contribution in [2.24, 2.45) is 0 Å². The van der Waals surface area contributed by atoms with Gasteiger partial charge in [0.1, 0.15) is 0 Å². The molecule has 0 bridgehead atoms. The number of methoxy groups -OCH3 is 2. The van der Waals surface area contributed by atoms with Crippen molar-refractivity contribution in [2.45, 2.75) is 6.54 Å². The maximum Gasteiger partial charge on any atom is 0.277 e. The van der Waals surface area contributed by atoms with Gasteiger partial charge in [0.15, 0.2) is 11.5 Å². The van der Waals surface area contributed by atoms with Gasteiger partial charge < -0.3 is 14.2 Å². The van der Waals surface area contributed by atoms with Crippen LogP contribution in [0.25, 0.3) is 0 Å². The first-order valence-corrected chi connectivity index (χ1v) is 6.35. The summed E-state index contributed by atoms with van der Waals surface area (Å²) in [5.74, 6) is 0.867. The molecular formula is C13H18N2O5. The summed E-state index contributed by atoms with van der Waals surface area (Å²) in [6.07, 6.45) is 0. The molecule has 1 aromatic rings. The van der Waals surface area contributed by atoms with Crippen LogP contribution >= 0.6 is 0 Å². The van der Waals surface area contributed by atoms with E-state index in [4.69, 9.17) is 14.2 Å². The zero-order chi connectivity index (χ0) is 14.5. The van der Waals surface area contributed by atoms with Gasteiger partial charge in [-0.05, 0) is 6.07 Å². The fourth-order valence-electron chi connectivity index (χ4n) is 2.21. The van der Waals surface area contributed by atoms with Gasteiger partial charge in [-0.15, -0.1) is 0 Å². The fourth-order valence-corrected chi connectivity index (χ4v) is 2.21. The van der Waals surface area contributed by atoms with Gasteiger partial charge in [0, 0.05) is 25.2 Å². The van der Waals surface area contributed by atoms with Crippen molar-refractivity contribution >= 4 is 5.69 Å². The van der Waals surface area contributed by atoms with Crippen LogP contribution in [0.15, 0.2) is 12.1 Å². The Kier molecular flexibility index (Phi) is 4.75. The van der Waals surface area contributed by atoms with E-state index < -0.39 is 4.92 Å². The maximum absolute atomic E-state index is 11.2. The molecule has 0 atom stereocenters. The zero-order valence-corrected chi connectivity index (χ0v) is 11.6. The Morgan fingerprint density at radius 3 is 2.40 bits per heavy atom. The maximum atomic E-state index is 11.2. The highest BCUT2D eigenvalue weighted by molar-refractivity contribution is 5.54. The van der Waals surface area contributed by atoms with Crippen LogP contribution in [0.3, 0.4) is 0 Å². The van der Waals surface area contributed by atoms with E-state index in [0.717, 1.165) is 13.1 Å². The first-order valence-electron chi connectivity index (χ1n) is 6.35. The molecule has 0 radical (unpaired) electrons. The third-order valence-electron chi connectivity index (χ3n) is 3.28. The highest BCUT2D eigenvalue weighted by atomic mass is 16.6. The minimum atomic E-state index is -0.391. The van der Waals surface area contributed by atoms with Crippen LogP contribution in [0.1, 0.15) is 5.56 Å². The first kappa shape index (κ1) is 14.5. The van der Waals surface area contributed by atoms with E-state index in [1.807, 2.05) is 0 Å². The molecule has 20 heavy (non-hydrogen) atoms. The molecule has 0 spiro atoms. The summed E-state index contributed by atoms with van der Waals surface area (Å²) in [7, 11) is 2.98. The molecule has 0 N–H and O–H groups in total. The van der Waals surface area contributed by atoms with Crippen molar-refractivity contribution in [1.29, 1.82) is 0 Å². The van der Waals surface area contributed by atoms with Crippen LogP contribution in [0.5, 0.6) is 11.5 Å². The Morgan fingerprint density at radius 1 is 1.25 bits per heavy atom. The van der Waals surface area contributed by atoms with E-state index in [-0.39, 0.29) is 5.69 Å². The Hall–Kier alpha value is -1.86. The highest BCUT2D eigenvalue weighted by Crippen LogP contribution is 2.35. The molecule has 1 heterocycles. The van der Waals surface area contributed by atoms with Gasteiger partial charge in [0.25, 0.3) is 5.69 Å². The molecule has 1 fully saturated rings. The predicted octanol–water partition coefficient (Wildman–Crippen LogP) is 1.44. The minimum Gasteiger partial charge on any atom is -0.493 e. The zero-order valence-electron chi connectivity index (χ0n) is 11.6. The van der Waals surface area contributed by atoms with Crippen LogP contribution < -0.4 is 9.47 Å². The molecule has 1 saturated heterocycles. The van der Waals surface area contributed by atoms with E-state index in [0.29, 0.717) is 36.8 Å². The Labute approximate surface area is 117 Å². The van der Waals surface area contributed by atoms with E-state index in [1.54, 1.807) is 6.07 Å². The van der Waals surface area contributed by atoms with Gasteiger partial charge >= 0.3 is 0 Å². The summed E-state index contributed by atoms with van der Waals surface area (Å²) in [6, 6.07) is 3.08. The summed E-state index contributed by atoms with van der Waals surface area (Å²) >= 11 is 0. The molecule has 0 aliphatic carbocycles. The van der Waals surface area contributed by atoms with Crippen molar-refractivity contribution in [2.75, 3.05) is 40.5 Å². The van der Waals surface area contributed by atoms with Crippen LogP contribution in [0.2, 0.25) is 0 Å². The molecule has 7 heteroatoms. The second kappa shape index (κ2) is 6.53. The Bertz CT molecular complexity index is 486. The summed E-state index contributed by atoms with van der Waals surface area (Å²) in [4.78, 5) is 12.9. The molecule has 1 aliphatic rings. The number of morpholine rings is 1. The van der Waals surface area contributed by atoms with Crippen molar-refractivity contribution in [3.8, 4) is 11.5 Å². The van der Waals surface area contributed by atoms with E-state index in [1.165, 1.54) is 20.3 Å². The minimum absolute atomic E-state index is 0.0501. The van der Waals surface area contributed by atoms with Gasteiger partial charge in [0.05, 0.1) is 38.4 Å². The van der Waals surface area contributed by atoms with Gasteiger partial charge in [-0.3, -0.25) is 15.0 Å². The summed E-state index contributed by atoms with van der Waals surface area (Å²) < 4.78 is 15.6. The molecule has 7 nitrogen and oxygen atoms in total. The average Bonchev–Trinajstić information content (AvgIpc) is 2.47. The lowest BCUT2D eigenvalue weighted by Gasteiger charge is -2.26. The lowest BCUT2D eigenvalue weighted by atomic mass is 10.1. The van der Waals surface area contributed by atoms with Crippen LogP contribution in [0, 0.1) is 10.1 Å². The molecule has 1 aliphatic heterocycles. The average molecular weight is 282 g/mol. The van der Waals surface area contributed by atoms with Crippen LogP contribution in [0.4, 0.5) is 5.69 Å². The topological polar surface area (TPSA) is 74.1 Å². The molecule has 2 rings (SSSR count). The van der Waals surface area contributed by atoms with E-state index in [2.05, 4.69) is 4.90 Å². The molecular weight excluding hydrogens is 264 g/mol. The summed E-state index contributed by atoms with van der Waals surface area (Å²) in [5, 5.41) is 11.2. The van der Waals surface area contributed by atoms with Crippen molar-refractivity contribution < 1.29 is 19.1 Å². The lowest BCUT2D eigenvalue weighted by Crippen LogP contribution is -2.35. The van der Waals surface area contributed by atoms with Gasteiger partial charge in [0.2, 0.25) is 0 Å². The van der Waals surface area contributed by atoms with Gasteiger partial charge in [-0.2, -0.15) is 0 Å². The van der Waals surface area contributed by atoms with Crippen molar-refractivity contribution in [3.05, 3.63) is 27.8 Å². The Balaban J connectivity index is 2.30. The number of nitro groups is 1.